The van der Waals surface area contributed by atoms with Crippen molar-refractivity contribution in [1.82, 2.24) is 20.0 Å². The molecule has 0 atom stereocenters. The second-order valence-electron chi connectivity index (χ2n) is 4.78. The minimum Gasteiger partial charge on any atom is -0.367 e. The zero-order valence-corrected chi connectivity index (χ0v) is 10.7. The highest BCUT2D eigenvalue weighted by Crippen LogP contribution is 2.16. The quantitative estimate of drug-likeness (QED) is 0.898. The standard InChI is InChI=1S/C13H17N5O/c1-5-14-10-15-13(1)16-11-2-6-18(7-3-11)9-12-4-8-19-17-12/h1,4-5,8,10-11H,2-3,6-7,9H2,(H,14,15,16). The van der Waals surface area contributed by atoms with Crippen molar-refractivity contribution < 1.29 is 4.52 Å². The van der Waals surface area contributed by atoms with Crippen LogP contribution in [0.4, 0.5) is 5.82 Å². The first-order chi connectivity index (χ1) is 9.40. The molecule has 1 saturated heterocycles. The molecule has 1 aliphatic rings. The van der Waals surface area contributed by atoms with Gasteiger partial charge in [-0.3, -0.25) is 4.90 Å². The van der Waals surface area contributed by atoms with E-state index in [2.05, 4.69) is 25.3 Å². The van der Waals surface area contributed by atoms with E-state index < -0.39 is 0 Å². The minimum absolute atomic E-state index is 0.489. The number of anilines is 1. The molecule has 6 nitrogen and oxygen atoms in total. The molecule has 0 bridgehead atoms. The van der Waals surface area contributed by atoms with Crippen LogP contribution in [-0.4, -0.2) is 39.2 Å². The van der Waals surface area contributed by atoms with Crippen LogP contribution < -0.4 is 5.32 Å². The Morgan fingerprint density at radius 3 is 2.89 bits per heavy atom. The number of piperidine rings is 1. The molecule has 3 rings (SSSR count). The Balaban J connectivity index is 1.47. The number of nitrogens with zero attached hydrogens (tertiary/aromatic N) is 4. The van der Waals surface area contributed by atoms with E-state index in [0.29, 0.717) is 6.04 Å². The molecule has 6 heteroatoms. The first kappa shape index (κ1) is 12.1. The van der Waals surface area contributed by atoms with Crippen LogP contribution in [0.15, 0.2) is 35.4 Å². The van der Waals surface area contributed by atoms with Gasteiger partial charge in [0, 0.05) is 37.9 Å². The van der Waals surface area contributed by atoms with Gasteiger partial charge in [0.05, 0.1) is 5.69 Å². The van der Waals surface area contributed by atoms with E-state index in [1.165, 1.54) is 0 Å². The highest BCUT2D eigenvalue weighted by molar-refractivity contribution is 5.33. The third-order valence-electron chi connectivity index (χ3n) is 3.40. The number of hydrogen-bond donors (Lipinski definition) is 1. The second-order valence-corrected chi connectivity index (χ2v) is 4.78. The summed E-state index contributed by atoms with van der Waals surface area (Å²) in [5.74, 6) is 0.907. The van der Waals surface area contributed by atoms with Crippen LogP contribution in [0.1, 0.15) is 18.5 Å². The Morgan fingerprint density at radius 2 is 2.21 bits per heavy atom. The van der Waals surface area contributed by atoms with Crippen LogP contribution in [-0.2, 0) is 6.54 Å². The van der Waals surface area contributed by atoms with Gasteiger partial charge in [-0.05, 0) is 18.9 Å². The van der Waals surface area contributed by atoms with Gasteiger partial charge in [-0.1, -0.05) is 5.16 Å². The van der Waals surface area contributed by atoms with E-state index in [-0.39, 0.29) is 0 Å². The molecule has 2 aromatic heterocycles. The van der Waals surface area contributed by atoms with Crippen molar-refractivity contribution in [3.8, 4) is 0 Å². The van der Waals surface area contributed by atoms with Gasteiger partial charge in [-0.15, -0.1) is 0 Å². The summed E-state index contributed by atoms with van der Waals surface area (Å²) in [6.07, 6.45) is 7.18. The Labute approximate surface area is 111 Å². The summed E-state index contributed by atoms with van der Waals surface area (Å²) in [7, 11) is 0. The Hall–Kier alpha value is -1.95. The van der Waals surface area contributed by atoms with Gasteiger partial charge in [-0.25, -0.2) is 9.97 Å². The van der Waals surface area contributed by atoms with Crippen molar-refractivity contribution in [2.24, 2.45) is 0 Å². The van der Waals surface area contributed by atoms with Crippen LogP contribution in [0.5, 0.6) is 0 Å². The van der Waals surface area contributed by atoms with Gasteiger partial charge in [0.25, 0.3) is 0 Å². The van der Waals surface area contributed by atoms with E-state index in [1.807, 2.05) is 12.1 Å². The number of hydrogen-bond acceptors (Lipinski definition) is 6. The van der Waals surface area contributed by atoms with Gasteiger partial charge >= 0.3 is 0 Å². The maximum Gasteiger partial charge on any atom is 0.129 e. The lowest BCUT2D eigenvalue weighted by Gasteiger charge is -2.31. The Morgan fingerprint density at radius 1 is 1.32 bits per heavy atom. The first-order valence-corrected chi connectivity index (χ1v) is 6.54. The van der Waals surface area contributed by atoms with E-state index >= 15 is 0 Å². The molecule has 0 amide bonds. The molecule has 0 saturated carbocycles. The fourth-order valence-electron chi connectivity index (χ4n) is 2.37. The lowest BCUT2D eigenvalue weighted by Crippen LogP contribution is -2.38. The third kappa shape index (κ3) is 3.29. The van der Waals surface area contributed by atoms with Gasteiger partial charge in [0.1, 0.15) is 18.4 Å². The van der Waals surface area contributed by atoms with Crippen molar-refractivity contribution in [3.63, 3.8) is 0 Å². The summed E-state index contributed by atoms with van der Waals surface area (Å²) >= 11 is 0. The summed E-state index contributed by atoms with van der Waals surface area (Å²) in [4.78, 5) is 10.5. The molecule has 1 aliphatic heterocycles. The SMILES string of the molecule is c1cc(NC2CCN(Cc3ccon3)CC2)ncn1. The number of likely N-dealkylation sites (tertiary alicyclic amines) is 1. The Bertz CT molecular complexity index is 479. The molecular weight excluding hydrogens is 242 g/mol. The minimum atomic E-state index is 0.489. The maximum absolute atomic E-state index is 4.85. The summed E-state index contributed by atoms with van der Waals surface area (Å²) in [5.41, 5.74) is 1.00. The molecule has 0 aliphatic carbocycles. The van der Waals surface area contributed by atoms with Crippen molar-refractivity contribution >= 4 is 5.82 Å². The fraction of sp³-hybridized carbons (Fsp3) is 0.462. The zero-order chi connectivity index (χ0) is 12.9. The van der Waals surface area contributed by atoms with E-state index in [4.69, 9.17) is 4.52 Å². The molecule has 2 aromatic rings. The molecule has 0 unspecified atom stereocenters. The highest BCUT2D eigenvalue weighted by Gasteiger charge is 2.19. The summed E-state index contributed by atoms with van der Waals surface area (Å²) in [6, 6.07) is 4.32. The molecule has 100 valence electrons. The highest BCUT2D eigenvalue weighted by atomic mass is 16.5. The van der Waals surface area contributed by atoms with Gasteiger partial charge in [0.2, 0.25) is 0 Å². The molecule has 0 aromatic carbocycles. The maximum atomic E-state index is 4.85. The van der Waals surface area contributed by atoms with Crippen LogP contribution in [0.25, 0.3) is 0 Å². The van der Waals surface area contributed by atoms with Gasteiger partial charge < -0.3 is 9.84 Å². The molecule has 0 spiro atoms. The van der Waals surface area contributed by atoms with E-state index in [0.717, 1.165) is 44.0 Å². The smallest absolute Gasteiger partial charge is 0.129 e. The largest absolute Gasteiger partial charge is 0.367 e. The third-order valence-corrected chi connectivity index (χ3v) is 3.40. The topological polar surface area (TPSA) is 67.1 Å². The molecule has 3 heterocycles. The molecule has 1 N–H and O–H groups in total. The molecular formula is C13H17N5O. The lowest BCUT2D eigenvalue weighted by atomic mass is 10.0. The first-order valence-electron chi connectivity index (χ1n) is 6.54. The molecule has 1 fully saturated rings. The number of nitrogens with one attached hydrogen (secondary N) is 1. The van der Waals surface area contributed by atoms with Gasteiger partial charge in [0.15, 0.2) is 0 Å². The molecule has 19 heavy (non-hydrogen) atoms. The van der Waals surface area contributed by atoms with Gasteiger partial charge in [-0.2, -0.15) is 0 Å². The predicted octanol–water partition coefficient (Wildman–Crippen LogP) is 1.54. The van der Waals surface area contributed by atoms with Crippen LogP contribution in [0.2, 0.25) is 0 Å². The fourth-order valence-corrected chi connectivity index (χ4v) is 2.37. The van der Waals surface area contributed by atoms with E-state index in [1.54, 1.807) is 18.8 Å². The predicted molar refractivity (Wildman–Crippen MR) is 70.5 cm³/mol. The van der Waals surface area contributed by atoms with Crippen LogP contribution in [0, 0.1) is 0 Å². The average molecular weight is 259 g/mol. The number of rotatable bonds is 4. The van der Waals surface area contributed by atoms with Crippen LogP contribution in [0.3, 0.4) is 0 Å². The monoisotopic (exact) mass is 259 g/mol. The zero-order valence-electron chi connectivity index (χ0n) is 10.7. The lowest BCUT2D eigenvalue weighted by molar-refractivity contribution is 0.206. The average Bonchev–Trinajstić information content (AvgIpc) is 2.95. The van der Waals surface area contributed by atoms with Crippen molar-refractivity contribution in [2.45, 2.75) is 25.4 Å². The number of aromatic nitrogens is 3. The normalized spacial score (nSPS) is 17.5. The Kier molecular flexibility index (Phi) is 3.69. The summed E-state index contributed by atoms with van der Waals surface area (Å²) < 4.78 is 4.85. The van der Waals surface area contributed by atoms with Crippen molar-refractivity contribution in [3.05, 3.63) is 36.6 Å². The second kappa shape index (κ2) is 5.79. The van der Waals surface area contributed by atoms with Crippen molar-refractivity contribution in [2.75, 3.05) is 18.4 Å². The molecule has 0 radical (unpaired) electrons. The van der Waals surface area contributed by atoms with Crippen molar-refractivity contribution in [1.29, 1.82) is 0 Å². The summed E-state index contributed by atoms with van der Waals surface area (Å²) in [5, 5.41) is 7.40. The van der Waals surface area contributed by atoms with E-state index in [9.17, 15) is 0 Å². The summed E-state index contributed by atoms with van der Waals surface area (Å²) in [6.45, 7) is 3.00. The van der Waals surface area contributed by atoms with Crippen LogP contribution >= 0.6 is 0 Å².